The topological polar surface area (TPSA) is 55.1 Å². The Morgan fingerprint density at radius 2 is 2.64 bits per heavy atom. The van der Waals surface area contributed by atoms with Crippen molar-refractivity contribution in [2.24, 2.45) is 0 Å². The van der Waals surface area contributed by atoms with E-state index in [2.05, 4.69) is 4.98 Å². The molecule has 0 saturated heterocycles. The van der Waals surface area contributed by atoms with Gasteiger partial charge in [0.15, 0.2) is 0 Å². The molecule has 4 nitrogen and oxygen atoms in total. The predicted octanol–water partition coefficient (Wildman–Crippen LogP) is 0.455. The van der Waals surface area contributed by atoms with Crippen LogP contribution in [0.3, 0.4) is 0 Å². The van der Waals surface area contributed by atoms with E-state index in [0.29, 0.717) is 6.42 Å². The van der Waals surface area contributed by atoms with Gasteiger partial charge in [0.25, 0.3) is 0 Å². The molecule has 1 aliphatic rings. The number of carbonyl (C=O) groups is 1. The lowest BCUT2D eigenvalue weighted by Crippen LogP contribution is -2.13. The van der Waals surface area contributed by atoms with Crippen LogP contribution in [0.5, 0.6) is 0 Å². The molecule has 1 N–H and O–H groups in total. The Bertz CT molecular complexity index is 292. The van der Waals surface area contributed by atoms with Gasteiger partial charge in [0.2, 0.25) is 0 Å². The number of aliphatic carboxylic acids is 1. The maximum atomic E-state index is 10.6. The van der Waals surface area contributed by atoms with E-state index in [1.807, 2.05) is 0 Å². The maximum Gasteiger partial charge on any atom is 0.326 e. The number of carboxylic acids is 1. The first-order valence-corrected chi connectivity index (χ1v) is 3.52. The minimum absolute atomic E-state index is 0.382. The first-order valence-electron chi connectivity index (χ1n) is 3.52. The Morgan fingerprint density at radius 3 is 3.36 bits per heavy atom. The van der Waals surface area contributed by atoms with Crippen molar-refractivity contribution in [1.29, 1.82) is 0 Å². The van der Waals surface area contributed by atoms with Crippen molar-refractivity contribution in [2.75, 3.05) is 0 Å². The summed E-state index contributed by atoms with van der Waals surface area (Å²) in [6.45, 7) is 0. The van der Waals surface area contributed by atoms with Crippen molar-refractivity contribution in [1.82, 2.24) is 9.55 Å². The summed E-state index contributed by atoms with van der Waals surface area (Å²) in [5.41, 5.74) is 1.03. The second-order valence-electron chi connectivity index (χ2n) is 2.68. The van der Waals surface area contributed by atoms with Crippen LogP contribution in [0.25, 0.3) is 0 Å². The zero-order chi connectivity index (χ0) is 7.84. The van der Waals surface area contributed by atoms with Crippen molar-refractivity contribution in [3.8, 4) is 0 Å². The lowest BCUT2D eigenvalue weighted by atomic mass is 10.2. The van der Waals surface area contributed by atoms with E-state index >= 15 is 0 Å². The van der Waals surface area contributed by atoms with Gasteiger partial charge < -0.3 is 9.67 Å². The molecule has 0 amide bonds. The average molecular weight is 152 g/mol. The number of hydrogen-bond acceptors (Lipinski definition) is 2. The Hall–Kier alpha value is -1.32. The molecule has 0 fully saturated rings. The molecule has 1 atom stereocenters. The fraction of sp³-hybridized carbons (Fsp3) is 0.429. The minimum atomic E-state index is -0.762. The molecule has 1 aliphatic heterocycles. The molecule has 0 aromatic carbocycles. The molecular weight excluding hydrogens is 144 g/mol. The molecule has 0 aliphatic carbocycles. The van der Waals surface area contributed by atoms with Crippen LogP contribution in [-0.4, -0.2) is 20.6 Å². The smallest absolute Gasteiger partial charge is 0.326 e. The number of aryl methyl sites for hydroxylation is 1. The molecule has 0 saturated carbocycles. The Labute approximate surface area is 63.5 Å². The minimum Gasteiger partial charge on any atom is -0.480 e. The van der Waals surface area contributed by atoms with Gasteiger partial charge in [-0.15, -0.1) is 0 Å². The second kappa shape index (κ2) is 2.08. The number of rotatable bonds is 1. The summed E-state index contributed by atoms with van der Waals surface area (Å²) < 4.78 is 1.72. The van der Waals surface area contributed by atoms with Crippen LogP contribution in [-0.2, 0) is 11.2 Å². The standard InChI is InChI=1S/C7H8N2O2/c10-7(11)6-2-1-5-3-8-4-9(5)6/h3-4,6H,1-2H2,(H,10,11). The Morgan fingerprint density at radius 1 is 1.82 bits per heavy atom. The van der Waals surface area contributed by atoms with Gasteiger partial charge in [-0.25, -0.2) is 9.78 Å². The van der Waals surface area contributed by atoms with E-state index in [4.69, 9.17) is 5.11 Å². The van der Waals surface area contributed by atoms with E-state index in [1.165, 1.54) is 0 Å². The quantitative estimate of drug-likeness (QED) is 0.635. The van der Waals surface area contributed by atoms with Gasteiger partial charge in [-0.3, -0.25) is 0 Å². The van der Waals surface area contributed by atoms with Gasteiger partial charge in [-0.2, -0.15) is 0 Å². The van der Waals surface area contributed by atoms with E-state index in [-0.39, 0.29) is 6.04 Å². The van der Waals surface area contributed by atoms with E-state index in [1.54, 1.807) is 17.1 Å². The lowest BCUT2D eigenvalue weighted by Gasteiger charge is -2.04. The third kappa shape index (κ3) is 0.824. The van der Waals surface area contributed by atoms with Crippen LogP contribution in [0.2, 0.25) is 0 Å². The van der Waals surface area contributed by atoms with Crippen LogP contribution in [0.15, 0.2) is 12.5 Å². The monoisotopic (exact) mass is 152 g/mol. The Balaban J connectivity index is 2.38. The third-order valence-electron chi connectivity index (χ3n) is 2.04. The Kier molecular flexibility index (Phi) is 1.21. The van der Waals surface area contributed by atoms with Gasteiger partial charge in [-0.1, -0.05) is 0 Å². The fourth-order valence-corrected chi connectivity index (χ4v) is 1.47. The fourth-order valence-electron chi connectivity index (χ4n) is 1.47. The first-order chi connectivity index (χ1) is 5.29. The number of aromatic nitrogens is 2. The number of nitrogens with zero attached hydrogens (tertiary/aromatic N) is 2. The van der Waals surface area contributed by atoms with Crippen LogP contribution >= 0.6 is 0 Å². The summed E-state index contributed by atoms with van der Waals surface area (Å²) in [5, 5.41) is 8.73. The highest BCUT2D eigenvalue weighted by Crippen LogP contribution is 2.24. The zero-order valence-corrected chi connectivity index (χ0v) is 5.90. The van der Waals surface area contributed by atoms with Crippen molar-refractivity contribution in [3.05, 3.63) is 18.2 Å². The highest BCUT2D eigenvalue weighted by molar-refractivity contribution is 5.72. The van der Waals surface area contributed by atoms with Crippen LogP contribution in [0.1, 0.15) is 18.2 Å². The van der Waals surface area contributed by atoms with Gasteiger partial charge in [-0.05, 0) is 12.8 Å². The summed E-state index contributed by atoms with van der Waals surface area (Å²) in [6.07, 6.45) is 4.84. The number of hydrogen-bond donors (Lipinski definition) is 1. The molecule has 1 aromatic heterocycles. The average Bonchev–Trinajstić information content (AvgIpc) is 2.41. The van der Waals surface area contributed by atoms with Gasteiger partial charge >= 0.3 is 5.97 Å². The van der Waals surface area contributed by atoms with Gasteiger partial charge in [0, 0.05) is 11.9 Å². The third-order valence-corrected chi connectivity index (χ3v) is 2.04. The molecule has 58 valence electrons. The summed E-state index contributed by atoms with van der Waals surface area (Å²) in [7, 11) is 0. The number of fused-ring (bicyclic) bond motifs is 1. The van der Waals surface area contributed by atoms with E-state index in [0.717, 1.165) is 12.1 Å². The highest BCUT2D eigenvalue weighted by Gasteiger charge is 2.27. The van der Waals surface area contributed by atoms with Crippen LogP contribution < -0.4 is 0 Å². The highest BCUT2D eigenvalue weighted by atomic mass is 16.4. The summed E-state index contributed by atoms with van der Waals surface area (Å²) in [6, 6.07) is -0.382. The summed E-state index contributed by atoms with van der Waals surface area (Å²) in [5.74, 6) is -0.762. The predicted molar refractivity (Wildman–Crippen MR) is 37.2 cm³/mol. The number of imidazole rings is 1. The number of carboxylic acid groups (broad SMARTS) is 1. The normalized spacial score (nSPS) is 21.6. The first kappa shape index (κ1) is 6.39. The molecule has 11 heavy (non-hydrogen) atoms. The molecule has 1 aromatic rings. The van der Waals surface area contributed by atoms with Crippen molar-refractivity contribution in [3.63, 3.8) is 0 Å². The van der Waals surface area contributed by atoms with Gasteiger partial charge in [0.1, 0.15) is 6.04 Å². The van der Waals surface area contributed by atoms with Crippen molar-refractivity contribution >= 4 is 5.97 Å². The molecular formula is C7H8N2O2. The largest absolute Gasteiger partial charge is 0.480 e. The molecule has 2 rings (SSSR count). The van der Waals surface area contributed by atoms with E-state index in [9.17, 15) is 4.79 Å². The summed E-state index contributed by atoms with van der Waals surface area (Å²) >= 11 is 0. The van der Waals surface area contributed by atoms with E-state index < -0.39 is 5.97 Å². The van der Waals surface area contributed by atoms with Crippen LogP contribution in [0, 0.1) is 0 Å². The lowest BCUT2D eigenvalue weighted by molar-refractivity contribution is -0.140. The zero-order valence-electron chi connectivity index (χ0n) is 5.90. The second-order valence-corrected chi connectivity index (χ2v) is 2.68. The molecule has 0 radical (unpaired) electrons. The van der Waals surface area contributed by atoms with Crippen LogP contribution in [0.4, 0.5) is 0 Å². The molecule has 0 spiro atoms. The van der Waals surface area contributed by atoms with Crippen molar-refractivity contribution in [2.45, 2.75) is 18.9 Å². The molecule has 1 unspecified atom stereocenters. The molecule has 4 heteroatoms. The maximum absolute atomic E-state index is 10.6. The molecule has 0 bridgehead atoms. The molecule has 2 heterocycles. The van der Waals surface area contributed by atoms with Crippen molar-refractivity contribution < 1.29 is 9.90 Å². The van der Waals surface area contributed by atoms with Gasteiger partial charge in [0.05, 0.1) is 6.33 Å². The summed E-state index contributed by atoms with van der Waals surface area (Å²) in [4.78, 5) is 14.5. The SMILES string of the molecule is O=C(O)C1CCc2cncn21.